The first-order chi connectivity index (χ1) is 18.5. The molecule has 211 valence electrons. The van der Waals surface area contributed by atoms with E-state index in [1.54, 1.807) is 0 Å². The number of hydrogen-bond acceptors (Lipinski definition) is 3. The number of benzene rings is 3. The number of hydrogen-bond donors (Lipinski definition) is 1. The van der Waals surface area contributed by atoms with Gasteiger partial charge in [0, 0.05) is 45.2 Å². The number of nitrogens with zero attached hydrogens (tertiary/aromatic N) is 1. The number of carbonyl (C=O) groups is 1. The van der Waals surface area contributed by atoms with Crippen molar-refractivity contribution in [1.29, 1.82) is 0 Å². The number of allylic oxidation sites excluding steroid dienone is 2. The number of aromatic nitrogens is 1. The fourth-order valence-electron chi connectivity index (χ4n) is 5.16. The molecule has 1 N–H and O–H groups in total. The number of aliphatic hydroxyl groups is 1. The van der Waals surface area contributed by atoms with Crippen molar-refractivity contribution in [1.82, 2.24) is 4.98 Å². The Balaban J connectivity index is 0.000000272. The van der Waals surface area contributed by atoms with E-state index in [-0.39, 0.29) is 31.6 Å². The molecule has 40 heavy (non-hydrogen) atoms. The number of fused-ring (bicyclic) bond motifs is 5. The van der Waals surface area contributed by atoms with Gasteiger partial charge in [0.15, 0.2) is 5.78 Å². The van der Waals surface area contributed by atoms with E-state index in [1.165, 1.54) is 50.2 Å². The molecule has 1 aromatic heterocycles. The number of rotatable bonds is 6. The molecule has 1 aliphatic rings. The van der Waals surface area contributed by atoms with Crippen LogP contribution in [-0.4, -0.2) is 15.9 Å². The quantitative estimate of drug-likeness (QED) is 0.108. The van der Waals surface area contributed by atoms with E-state index in [9.17, 15) is 9.90 Å². The van der Waals surface area contributed by atoms with Gasteiger partial charge < -0.3 is 10.1 Å². The topological polar surface area (TPSA) is 50.2 Å². The van der Waals surface area contributed by atoms with Gasteiger partial charge in [-0.3, -0.25) is 4.79 Å². The fourth-order valence-corrected chi connectivity index (χ4v) is 5.16. The average Bonchev–Trinajstić information content (AvgIpc) is 2.97. The number of carbonyl (C=O) groups excluding carboxylic acids is 1. The summed E-state index contributed by atoms with van der Waals surface area (Å²) in [6.45, 7) is 14.6. The zero-order valence-corrected chi connectivity index (χ0v) is 27.0. The number of ketones is 1. The van der Waals surface area contributed by atoms with Gasteiger partial charge in [0.05, 0.1) is 5.76 Å². The first-order valence-corrected chi connectivity index (χ1v) is 14.0. The maximum Gasteiger partial charge on any atom is 0.159 e. The zero-order chi connectivity index (χ0) is 28.3. The largest absolute Gasteiger partial charge is 0.512 e. The molecule has 4 heteroatoms. The van der Waals surface area contributed by atoms with E-state index in [2.05, 4.69) is 81.4 Å². The number of aryl methyl sites for hydroxylation is 1. The number of pyridine rings is 1. The molecule has 4 aromatic rings. The Morgan fingerprint density at radius 3 is 2.30 bits per heavy atom. The van der Waals surface area contributed by atoms with E-state index in [0.29, 0.717) is 30.6 Å². The summed E-state index contributed by atoms with van der Waals surface area (Å²) in [6, 6.07) is 23.4. The Hall–Kier alpha value is -3.07. The monoisotopic (exact) mass is 711 g/mol. The van der Waals surface area contributed by atoms with Gasteiger partial charge in [0.1, 0.15) is 0 Å². The van der Waals surface area contributed by atoms with Crippen LogP contribution in [0.4, 0.5) is 0 Å². The van der Waals surface area contributed by atoms with E-state index < -0.39 is 0 Å². The summed E-state index contributed by atoms with van der Waals surface area (Å²) in [5, 5.41) is 11.8. The van der Waals surface area contributed by atoms with Crippen molar-refractivity contribution in [2.75, 3.05) is 0 Å². The SMILES string of the molecule is CC(C)CC(=O)/C=C(\O)CC(C)C.Cc1c[c-]c2c(c1)-c1cc(C(C)C)ccc1-c1cccc3ccnc-2c13.[Ir]. The molecule has 0 bridgehead atoms. The van der Waals surface area contributed by atoms with Crippen molar-refractivity contribution in [3.05, 3.63) is 89.8 Å². The average molecular weight is 711 g/mol. The summed E-state index contributed by atoms with van der Waals surface area (Å²) < 4.78 is 0. The third kappa shape index (κ3) is 7.16. The molecule has 3 aromatic carbocycles. The molecule has 3 nitrogen and oxygen atoms in total. The number of aliphatic hydroxyl groups excluding tert-OH is 1. The Labute approximate surface area is 253 Å². The summed E-state index contributed by atoms with van der Waals surface area (Å²) in [5.74, 6) is 1.48. The standard InChI is InChI=1S/C25H20N.C11H20O2.Ir/c1-15(2)18-8-10-19-20-6-4-5-17-11-12-26-25(24(17)20)21-9-7-16(3)13-22(21)23(19)14-18;1-8(2)5-10(12)7-11(13)6-9(3)4;/h4-8,10-15H,1-3H3;7-9,12H,5-6H2,1-4H3;/q-1;;/b;10-7-;. The second-order valence-electron chi connectivity index (χ2n) is 11.8. The van der Waals surface area contributed by atoms with Crippen LogP contribution < -0.4 is 0 Å². The van der Waals surface area contributed by atoms with Crippen LogP contribution in [0.2, 0.25) is 0 Å². The first-order valence-electron chi connectivity index (χ1n) is 14.0. The Morgan fingerprint density at radius 1 is 0.900 bits per heavy atom. The predicted molar refractivity (Wildman–Crippen MR) is 164 cm³/mol. The fraction of sp³-hybridized carbons (Fsp3) is 0.333. The van der Waals surface area contributed by atoms with E-state index in [4.69, 9.17) is 4.98 Å². The molecule has 0 fully saturated rings. The van der Waals surface area contributed by atoms with Crippen LogP contribution >= 0.6 is 0 Å². The van der Waals surface area contributed by atoms with Crippen molar-refractivity contribution in [3.8, 4) is 33.5 Å². The minimum Gasteiger partial charge on any atom is -0.512 e. The normalized spacial score (nSPS) is 11.9. The maximum atomic E-state index is 11.2. The third-order valence-corrected chi connectivity index (χ3v) is 6.96. The second-order valence-corrected chi connectivity index (χ2v) is 11.8. The molecular formula is C36H40IrNO2-. The molecule has 0 amide bonds. The molecular weight excluding hydrogens is 671 g/mol. The Morgan fingerprint density at radius 2 is 1.62 bits per heavy atom. The molecule has 0 aliphatic heterocycles. The van der Waals surface area contributed by atoms with Crippen LogP contribution in [0.1, 0.15) is 71.4 Å². The van der Waals surface area contributed by atoms with Crippen molar-refractivity contribution in [2.45, 2.75) is 67.2 Å². The van der Waals surface area contributed by atoms with Crippen LogP contribution in [0.15, 0.2) is 72.6 Å². The molecule has 1 radical (unpaired) electrons. The van der Waals surface area contributed by atoms with E-state index in [0.717, 1.165) is 11.3 Å². The van der Waals surface area contributed by atoms with Crippen molar-refractivity contribution < 1.29 is 30.0 Å². The van der Waals surface area contributed by atoms with Gasteiger partial charge in [-0.2, -0.15) is 0 Å². The molecule has 1 aliphatic carbocycles. The zero-order valence-electron chi connectivity index (χ0n) is 24.6. The van der Waals surface area contributed by atoms with Crippen LogP contribution in [0.25, 0.3) is 44.3 Å². The summed E-state index contributed by atoms with van der Waals surface area (Å²) >= 11 is 0. The molecule has 5 rings (SSSR count). The van der Waals surface area contributed by atoms with Crippen LogP contribution in [0, 0.1) is 24.8 Å². The molecule has 0 saturated heterocycles. The van der Waals surface area contributed by atoms with Gasteiger partial charge in [0.2, 0.25) is 0 Å². The Bertz CT molecular complexity index is 1530. The summed E-state index contributed by atoms with van der Waals surface area (Å²) in [4.78, 5) is 16.0. The molecule has 0 saturated carbocycles. The van der Waals surface area contributed by atoms with Gasteiger partial charge in [-0.25, -0.2) is 0 Å². The van der Waals surface area contributed by atoms with Crippen molar-refractivity contribution >= 4 is 16.6 Å². The summed E-state index contributed by atoms with van der Waals surface area (Å²) in [5.41, 5.74) is 9.80. The minimum atomic E-state index is 0. The summed E-state index contributed by atoms with van der Waals surface area (Å²) in [6.07, 6.45) is 4.38. The van der Waals surface area contributed by atoms with Gasteiger partial charge in [-0.1, -0.05) is 96.0 Å². The van der Waals surface area contributed by atoms with Crippen LogP contribution in [0.5, 0.6) is 0 Å². The second kappa shape index (κ2) is 13.5. The van der Waals surface area contributed by atoms with Crippen molar-refractivity contribution in [2.24, 2.45) is 11.8 Å². The van der Waals surface area contributed by atoms with Crippen LogP contribution in [0.3, 0.4) is 0 Å². The van der Waals surface area contributed by atoms with Crippen LogP contribution in [-0.2, 0) is 24.9 Å². The maximum absolute atomic E-state index is 11.2. The van der Waals surface area contributed by atoms with Gasteiger partial charge in [-0.05, 0) is 57.0 Å². The van der Waals surface area contributed by atoms with Gasteiger partial charge in [0.25, 0.3) is 0 Å². The van der Waals surface area contributed by atoms with E-state index in [1.807, 2.05) is 33.9 Å². The smallest absolute Gasteiger partial charge is 0.159 e. The predicted octanol–water partition coefficient (Wildman–Crippen LogP) is 9.87. The Kier molecular flexibility index (Phi) is 10.6. The first kappa shape index (κ1) is 31.5. The summed E-state index contributed by atoms with van der Waals surface area (Å²) in [7, 11) is 0. The van der Waals surface area contributed by atoms with Gasteiger partial charge in [-0.15, -0.1) is 29.3 Å². The molecule has 0 unspecified atom stereocenters. The minimum absolute atomic E-state index is 0. The molecule has 0 atom stereocenters. The van der Waals surface area contributed by atoms with E-state index >= 15 is 0 Å². The van der Waals surface area contributed by atoms with Crippen molar-refractivity contribution in [3.63, 3.8) is 0 Å². The third-order valence-electron chi connectivity index (χ3n) is 6.96. The molecule has 1 heterocycles. The molecule has 0 spiro atoms. The van der Waals surface area contributed by atoms with Gasteiger partial charge >= 0.3 is 0 Å².